The Bertz CT molecular complexity index is 466. The van der Waals surface area contributed by atoms with Gasteiger partial charge in [0.25, 0.3) is 0 Å². The molecule has 1 aliphatic rings. The van der Waals surface area contributed by atoms with Crippen LogP contribution in [0.1, 0.15) is 18.7 Å². The van der Waals surface area contributed by atoms with E-state index in [1.165, 1.54) is 5.39 Å². The molecule has 0 spiro atoms. The van der Waals surface area contributed by atoms with Gasteiger partial charge < -0.3 is 10.2 Å². The maximum Gasteiger partial charge on any atom is 0.134 e. The SMILES string of the molecule is CC(c1cc2ccccc2o1)N1CC(N)C1. The Balaban J connectivity index is 1.88. The first kappa shape index (κ1) is 9.87. The van der Waals surface area contributed by atoms with Crippen LogP contribution in [0, 0.1) is 0 Å². The third kappa shape index (κ3) is 1.52. The second-order valence-corrected chi connectivity index (χ2v) is 4.58. The van der Waals surface area contributed by atoms with Gasteiger partial charge in [0, 0.05) is 24.5 Å². The quantitative estimate of drug-likeness (QED) is 0.836. The first-order chi connectivity index (χ1) is 7.74. The fraction of sp³-hybridized carbons (Fsp3) is 0.385. The summed E-state index contributed by atoms with van der Waals surface area (Å²) < 4.78 is 5.84. The Labute approximate surface area is 94.8 Å². The molecule has 0 bridgehead atoms. The Morgan fingerprint density at radius 2 is 2.12 bits per heavy atom. The van der Waals surface area contributed by atoms with E-state index in [2.05, 4.69) is 24.0 Å². The number of hydrogen-bond donors (Lipinski definition) is 1. The van der Waals surface area contributed by atoms with Crippen molar-refractivity contribution in [2.75, 3.05) is 13.1 Å². The van der Waals surface area contributed by atoms with E-state index in [0.717, 1.165) is 24.4 Å². The minimum absolute atomic E-state index is 0.326. The van der Waals surface area contributed by atoms with Crippen molar-refractivity contribution in [3.05, 3.63) is 36.1 Å². The van der Waals surface area contributed by atoms with Crippen molar-refractivity contribution in [3.63, 3.8) is 0 Å². The van der Waals surface area contributed by atoms with Crippen molar-refractivity contribution in [1.82, 2.24) is 4.90 Å². The van der Waals surface area contributed by atoms with Gasteiger partial charge in [-0.2, -0.15) is 0 Å². The number of fused-ring (bicyclic) bond motifs is 1. The molecule has 1 fully saturated rings. The number of furan rings is 1. The van der Waals surface area contributed by atoms with E-state index in [4.69, 9.17) is 10.2 Å². The Kier molecular flexibility index (Phi) is 2.23. The summed E-state index contributed by atoms with van der Waals surface area (Å²) >= 11 is 0. The highest BCUT2D eigenvalue weighted by Gasteiger charge is 2.29. The maximum absolute atomic E-state index is 5.84. The van der Waals surface area contributed by atoms with E-state index in [0.29, 0.717) is 12.1 Å². The first-order valence-corrected chi connectivity index (χ1v) is 5.72. The molecule has 1 atom stereocenters. The Morgan fingerprint density at radius 3 is 2.81 bits per heavy atom. The largest absolute Gasteiger partial charge is 0.459 e. The van der Waals surface area contributed by atoms with Crippen LogP contribution >= 0.6 is 0 Å². The summed E-state index contributed by atoms with van der Waals surface area (Å²) in [7, 11) is 0. The smallest absolute Gasteiger partial charge is 0.134 e. The zero-order chi connectivity index (χ0) is 11.1. The molecule has 1 saturated heterocycles. The van der Waals surface area contributed by atoms with Crippen LogP contribution < -0.4 is 5.73 Å². The fourth-order valence-electron chi connectivity index (χ4n) is 2.25. The van der Waals surface area contributed by atoms with Gasteiger partial charge in [0.1, 0.15) is 11.3 Å². The molecule has 1 unspecified atom stereocenters. The van der Waals surface area contributed by atoms with Crippen LogP contribution in [0.3, 0.4) is 0 Å². The van der Waals surface area contributed by atoms with Crippen LogP contribution in [0.4, 0.5) is 0 Å². The topological polar surface area (TPSA) is 42.4 Å². The van der Waals surface area contributed by atoms with Crippen molar-refractivity contribution in [1.29, 1.82) is 0 Å². The number of nitrogens with two attached hydrogens (primary N) is 1. The lowest BCUT2D eigenvalue weighted by molar-refractivity contribution is 0.0919. The van der Waals surface area contributed by atoms with Crippen LogP contribution in [-0.2, 0) is 0 Å². The van der Waals surface area contributed by atoms with E-state index in [1.54, 1.807) is 0 Å². The van der Waals surface area contributed by atoms with Crippen LogP contribution in [-0.4, -0.2) is 24.0 Å². The number of likely N-dealkylation sites (tertiary alicyclic amines) is 1. The van der Waals surface area contributed by atoms with Gasteiger partial charge in [0.15, 0.2) is 0 Å². The summed E-state index contributed by atoms with van der Waals surface area (Å²) in [4.78, 5) is 2.34. The van der Waals surface area contributed by atoms with Crippen molar-refractivity contribution >= 4 is 11.0 Å². The number of nitrogens with zero attached hydrogens (tertiary/aromatic N) is 1. The average Bonchev–Trinajstić information content (AvgIpc) is 2.67. The summed E-state index contributed by atoms with van der Waals surface area (Å²) in [5.74, 6) is 1.04. The molecule has 1 aromatic carbocycles. The maximum atomic E-state index is 5.84. The number of para-hydroxylation sites is 1. The molecule has 84 valence electrons. The highest BCUT2D eigenvalue weighted by Crippen LogP contribution is 2.29. The zero-order valence-corrected chi connectivity index (χ0v) is 9.39. The van der Waals surface area contributed by atoms with Crippen molar-refractivity contribution in [2.24, 2.45) is 5.73 Å². The van der Waals surface area contributed by atoms with Crippen LogP contribution in [0.5, 0.6) is 0 Å². The molecule has 0 radical (unpaired) electrons. The second kappa shape index (κ2) is 3.61. The van der Waals surface area contributed by atoms with Gasteiger partial charge in [-0.15, -0.1) is 0 Å². The monoisotopic (exact) mass is 216 g/mol. The minimum Gasteiger partial charge on any atom is -0.459 e. The zero-order valence-electron chi connectivity index (χ0n) is 9.39. The Morgan fingerprint density at radius 1 is 1.38 bits per heavy atom. The molecule has 16 heavy (non-hydrogen) atoms. The van der Waals surface area contributed by atoms with Gasteiger partial charge in [-0.3, -0.25) is 4.90 Å². The lowest BCUT2D eigenvalue weighted by atomic mass is 10.1. The second-order valence-electron chi connectivity index (χ2n) is 4.58. The third-order valence-electron chi connectivity index (χ3n) is 3.34. The molecule has 2 N–H and O–H groups in total. The summed E-state index contributed by atoms with van der Waals surface area (Å²) in [6.45, 7) is 4.11. The van der Waals surface area contributed by atoms with Gasteiger partial charge in [0.05, 0.1) is 6.04 Å². The lowest BCUT2D eigenvalue weighted by Crippen LogP contribution is -2.56. The van der Waals surface area contributed by atoms with Gasteiger partial charge >= 0.3 is 0 Å². The molecule has 0 saturated carbocycles. The third-order valence-corrected chi connectivity index (χ3v) is 3.34. The van der Waals surface area contributed by atoms with Gasteiger partial charge in [0.2, 0.25) is 0 Å². The summed E-state index contributed by atoms with van der Waals surface area (Å²) in [5, 5.41) is 1.18. The molecule has 2 heterocycles. The molecular weight excluding hydrogens is 200 g/mol. The minimum atomic E-state index is 0.326. The summed E-state index contributed by atoms with van der Waals surface area (Å²) in [5.41, 5.74) is 6.75. The van der Waals surface area contributed by atoms with E-state index in [-0.39, 0.29) is 0 Å². The molecule has 3 rings (SSSR count). The van der Waals surface area contributed by atoms with E-state index in [1.807, 2.05) is 18.2 Å². The number of hydrogen-bond acceptors (Lipinski definition) is 3. The van der Waals surface area contributed by atoms with E-state index in [9.17, 15) is 0 Å². The predicted octanol–water partition coefficient (Wildman–Crippen LogP) is 2.14. The number of rotatable bonds is 2. The van der Waals surface area contributed by atoms with Crippen molar-refractivity contribution in [2.45, 2.75) is 19.0 Å². The van der Waals surface area contributed by atoms with Crippen LogP contribution in [0.15, 0.2) is 34.7 Å². The molecular formula is C13H16N2O. The number of benzene rings is 1. The average molecular weight is 216 g/mol. The predicted molar refractivity (Wildman–Crippen MR) is 64.2 cm³/mol. The Hall–Kier alpha value is -1.32. The van der Waals surface area contributed by atoms with Crippen LogP contribution in [0.2, 0.25) is 0 Å². The summed E-state index contributed by atoms with van der Waals surface area (Å²) in [6.07, 6.45) is 0. The van der Waals surface area contributed by atoms with E-state index < -0.39 is 0 Å². The molecule has 0 amide bonds. The first-order valence-electron chi connectivity index (χ1n) is 5.72. The fourth-order valence-corrected chi connectivity index (χ4v) is 2.25. The van der Waals surface area contributed by atoms with Crippen molar-refractivity contribution in [3.8, 4) is 0 Å². The highest BCUT2D eigenvalue weighted by molar-refractivity contribution is 5.77. The standard InChI is InChI=1S/C13H16N2O/c1-9(15-7-11(14)8-15)13-6-10-4-2-3-5-12(10)16-13/h2-6,9,11H,7-8,14H2,1H3. The molecule has 1 aromatic heterocycles. The highest BCUT2D eigenvalue weighted by atomic mass is 16.3. The molecule has 2 aromatic rings. The normalized spacial score (nSPS) is 19.9. The molecule has 3 nitrogen and oxygen atoms in total. The van der Waals surface area contributed by atoms with Gasteiger partial charge in [-0.25, -0.2) is 0 Å². The van der Waals surface area contributed by atoms with Crippen LogP contribution in [0.25, 0.3) is 11.0 Å². The molecule has 3 heteroatoms. The van der Waals surface area contributed by atoms with Gasteiger partial charge in [-0.1, -0.05) is 18.2 Å². The van der Waals surface area contributed by atoms with Gasteiger partial charge in [-0.05, 0) is 19.1 Å². The molecule has 1 aliphatic heterocycles. The van der Waals surface area contributed by atoms with E-state index >= 15 is 0 Å². The lowest BCUT2D eigenvalue weighted by Gasteiger charge is -2.40. The summed E-state index contributed by atoms with van der Waals surface area (Å²) in [6, 6.07) is 10.9. The van der Waals surface area contributed by atoms with Crippen molar-refractivity contribution < 1.29 is 4.42 Å². The molecule has 0 aliphatic carbocycles.